The predicted molar refractivity (Wildman–Crippen MR) is 159 cm³/mol. The maximum Gasteiger partial charge on any atom is 0.170 e. The van der Waals surface area contributed by atoms with E-state index in [4.69, 9.17) is 4.79 Å². The Hall–Kier alpha value is -2.16. The van der Waals surface area contributed by atoms with Crippen LogP contribution in [0.1, 0.15) is 90.2 Å². The van der Waals surface area contributed by atoms with Gasteiger partial charge in [0.2, 0.25) is 0 Å². The Labute approximate surface area is 235 Å². The van der Waals surface area contributed by atoms with E-state index in [9.17, 15) is 18.3 Å². The van der Waals surface area contributed by atoms with Gasteiger partial charge in [-0.1, -0.05) is 46.3 Å². The fourth-order valence-corrected chi connectivity index (χ4v) is 4.00. The molecule has 3 atom stereocenters. The highest BCUT2D eigenvalue weighted by molar-refractivity contribution is 5.34. The number of likely N-dealkylation sites (N-methyl/N-ethyl adjacent to an activating group) is 1. The Balaban J connectivity index is 0. The highest BCUT2D eigenvalue weighted by Gasteiger charge is 2.23. The number of aryl methyl sites for hydroxylation is 1. The summed E-state index contributed by atoms with van der Waals surface area (Å²) in [6, 6.07) is 0.281. The summed E-state index contributed by atoms with van der Waals surface area (Å²) in [5, 5.41) is 13.1. The van der Waals surface area contributed by atoms with E-state index < -0.39 is 17.8 Å². The first-order valence-electron chi connectivity index (χ1n) is 14.1. The zero-order chi connectivity index (χ0) is 30.2. The Morgan fingerprint density at radius 3 is 2.33 bits per heavy atom. The van der Waals surface area contributed by atoms with Gasteiger partial charge in [-0.25, -0.2) is 13.2 Å². The SMILES string of the molecule is C/C=C/C1=CC(F)=C(F)[C@H](F)C1.C=O.CCC.CCCNCCC[C@H](CO)N(C)CC[C@H](C)c1c[nH]cc1C. The summed E-state index contributed by atoms with van der Waals surface area (Å²) in [7, 11) is 2.14. The molecule has 3 N–H and O–H groups in total. The number of carbonyl (C=O) groups is 1. The molecule has 0 saturated carbocycles. The van der Waals surface area contributed by atoms with Gasteiger partial charge in [-0.05, 0) is 94.9 Å². The number of alkyl halides is 1. The van der Waals surface area contributed by atoms with Gasteiger partial charge in [-0.2, -0.15) is 0 Å². The molecule has 1 aliphatic rings. The van der Waals surface area contributed by atoms with E-state index in [0.717, 1.165) is 45.0 Å². The molecule has 226 valence electrons. The lowest BCUT2D eigenvalue weighted by molar-refractivity contribution is -0.0980. The van der Waals surface area contributed by atoms with E-state index >= 15 is 0 Å². The molecule has 2 rings (SSSR count). The first kappa shape index (κ1) is 39.0. The van der Waals surface area contributed by atoms with E-state index in [1.807, 2.05) is 6.79 Å². The Kier molecular flexibility index (Phi) is 24.8. The molecule has 0 unspecified atom stereocenters. The number of aliphatic hydroxyl groups is 1. The van der Waals surface area contributed by atoms with Crippen LogP contribution in [0.25, 0.3) is 0 Å². The largest absolute Gasteiger partial charge is 0.395 e. The van der Waals surface area contributed by atoms with Crippen LogP contribution in [-0.4, -0.2) is 67.3 Å². The number of aliphatic hydroxyl groups excluding tert-OH is 1. The molecule has 1 aromatic rings. The molecule has 0 saturated heterocycles. The van der Waals surface area contributed by atoms with Crippen LogP contribution in [0.5, 0.6) is 0 Å². The number of H-pyrrole nitrogens is 1. The normalized spacial score (nSPS) is 16.4. The molecule has 1 aromatic heterocycles. The first-order chi connectivity index (χ1) is 18.7. The average Bonchev–Trinajstić information content (AvgIpc) is 3.36. The third kappa shape index (κ3) is 17.2. The van der Waals surface area contributed by atoms with Crippen molar-refractivity contribution in [3.63, 3.8) is 0 Å². The minimum absolute atomic E-state index is 0.0798. The zero-order valence-electron chi connectivity index (χ0n) is 25.3. The summed E-state index contributed by atoms with van der Waals surface area (Å²) in [6.07, 6.45) is 12.3. The van der Waals surface area contributed by atoms with E-state index in [0.29, 0.717) is 11.5 Å². The maximum absolute atomic E-state index is 12.7. The van der Waals surface area contributed by atoms with Crippen molar-refractivity contribution in [1.29, 1.82) is 0 Å². The van der Waals surface area contributed by atoms with E-state index in [1.54, 1.807) is 19.1 Å². The van der Waals surface area contributed by atoms with Crippen LogP contribution >= 0.6 is 0 Å². The lowest BCUT2D eigenvalue weighted by atomic mass is 9.97. The highest BCUT2D eigenvalue weighted by Crippen LogP contribution is 2.29. The van der Waals surface area contributed by atoms with Crippen molar-refractivity contribution in [1.82, 2.24) is 15.2 Å². The van der Waals surface area contributed by atoms with Crippen molar-refractivity contribution in [3.05, 3.63) is 59.0 Å². The number of hydrogen-bond donors (Lipinski definition) is 3. The van der Waals surface area contributed by atoms with Crippen molar-refractivity contribution in [2.75, 3.05) is 33.3 Å². The Morgan fingerprint density at radius 1 is 1.21 bits per heavy atom. The highest BCUT2D eigenvalue weighted by atomic mass is 19.2. The molecule has 0 spiro atoms. The quantitative estimate of drug-likeness (QED) is 0.220. The summed E-state index contributed by atoms with van der Waals surface area (Å²) in [5.41, 5.74) is 3.23. The van der Waals surface area contributed by atoms with Crippen LogP contribution in [-0.2, 0) is 4.79 Å². The van der Waals surface area contributed by atoms with Crippen LogP contribution in [0.4, 0.5) is 13.2 Å². The summed E-state index contributed by atoms with van der Waals surface area (Å²) in [5.74, 6) is -1.83. The molecule has 0 amide bonds. The van der Waals surface area contributed by atoms with Crippen LogP contribution in [0.3, 0.4) is 0 Å². The predicted octanol–water partition coefficient (Wildman–Crippen LogP) is 7.50. The van der Waals surface area contributed by atoms with Crippen LogP contribution in [0, 0.1) is 6.92 Å². The van der Waals surface area contributed by atoms with Crippen LogP contribution in [0.15, 0.2) is 47.8 Å². The maximum atomic E-state index is 12.7. The summed E-state index contributed by atoms with van der Waals surface area (Å²) < 4.78 is 37.7. The van der Waals surface area contributed by atoms with Crippen molar-refractivity contribution in [2.45, 2.75) is 98.2 Å². The number of carbonyl (C=O) groups excluding carboxylic acids is 1. The van der Waals surface area contributed by atoms with Gasteiger partial charge in [0.1, 0.15) is 6.79 Å². The summed E-state index contributed by atoms with van der Waals surface area (Å²) in [4.78, 5) is 13.5. The number of allylic oxidation sites excluding steroid dienone is 6. The topological polar surface area (TPSA) is 68.4 Å². The van der Waals surface area contributed by atoms with Gasteiger partial charge in [0.15, 0.2) is 17.8 Å². The molecule has 1 aliphatic carbocycles. The van der Waals surface area contributed by atoms with Crippen molar-refractivity contribution >= 4 is 6.79 Å². The third-order valence-corrected chi connectivity index (χ3v) is 6.20. The second-order valence-corrected chi connectivity index (χ2v) is 9.79. The average molecular weight is 558 g/mol. The number of hydrogen-bond acceptors (Lipinski definition) is 4. The second kappa shape index (κ2) is 24.9. The van der Waals surface area contributed by atoms with Crippen molar-refractivity contribution in [3.8, 4) is 0 Å². The molecular formula is C31H54F3N3O2. The minimum atomic E-state index is -1.82. The number of aromatic nitrogens is 1. The lowest BCUT2D eigenvalue weighted by Gasteiger charge is -2.27. The van der Waals surface area contributed by atoms with E-state index in [2.05, 4.69) is 69.3 Å². The summed E-state index contributed by atoms with van der Waals surface area (Å²) in [6.45, 7) is 18.0. The Bertz CT molecular complexity index is 824. The van der Waals surface area contributed by atoms with Gasteiger partial charge in [0.05, 0.1) is 6.61 Å². The molecule has 0 fully saturated rings. The standard InChI is InChI=1S/C18H35N3O.C9H9F3.C3H8.CH2O/c1-5-9-19-10-6-7-17(14-22)21(4)11-8-15(2)18-13-20-12-16(18)3;1-2-3-6-4-7(10)9(12)8(11)5-6;1-3-2;1-2/h12-13,15,17,19-20,22H,5-11,14H2,1-4H3;2-4,8H,5H2,1H3;3H2,1-2H3;1H2/b;3-2+;;/t15-,17+;8-;;/m01../s1. The van der Waals surface area contributed by atoms with Crippen molar-refractivity contribution < 1.29 is 23.1 Å². The van der Waals surface area contributed by atoms with Gasteiger partial charge in [0, 0.05) is 24.9 Å². The third-order valence-electron chi connectivity index (χ3n) is 6.20. The van der Waals surface area contributed by atoms with Gasteiger partial charge in [-0.15, -0.1) is 0 Å². The molecule has 8 heteroatoms. The molecule has 0 aliphatic heterocycles. The van der Waals surface area contributed by atoms with Gasteiger partial charge in [0.25, 0.3) is 0 Å². The van der Waals surface area contributed by atoms with E-state index in [1.165, 1.54) is 24.0 Å². The fourth-order valence-electron chi connectivity index (χ4n) is 4.00. The van der Waals surface area contributed by atoms with Gasteiger partial charge in [-0.3, -0.25) is 0 Å². The molecule has 0 aromatic carbocycles. The van der Waals surface area contributed by atoms with Gasteiger partial charge < -0.3 is 25.1 Å². The number of nitrogens with one attached hydrogen (secondary N) is 2. The monoisotopic (exact) mass is 557 g/mol. The Morgan fingerprint density at radius 2 is 1.85 bits per heavy atom. The lowest BCUT2D eigenvalue weighted by Crippen LogP contribution is -2.36. The second-order valence-electron chi connectivity index (χ2n) is 9.79. The first-order valence-corrected chi connectivity index (χ1v) is 14.1. The van der Waals surface area contributed by atoms with Gasteiger partial charge >= 0.3 is 0 Å². The van der Waals surface area contributed by atoms with Crippen molar-refractivity contribution in [2.24, 2.45) is 0 Å². The van der Waals surface area contributed by atoms with Crippen LogP contribution < -0.4 is 5.32 Å². The van der Waals surface area contributed by atoms with E-state index in [-0.39, 0.29) is 19.1 Å². The molecule has 0 radical (unpaired) electrons. The number of aromatic amines is 1. The molecule has 39 heavy (non-hydrogen) atoms. The zero-order valence-corrected chi connectivity index (χ0v) is 25.3. The molecule has 1 heterocycles. The molecule has 5 nitrogen and oxygen atoms in total. The minimum Gasteiger partial charge on any atom is -0.395 e. The number of rotatable bonds is 13. The van der Waals surface area contributed by atoms with Crippen LogP contribution in [0.2, 0.25) is 0 Å². The number of halogens is 3. The smallest absolute Gasteiger partial charge is 0.170 e. The molecule has 0 bridgehead atoms. The molecular weight excluding hydrogens is 503 g/mol. The summed E-state index contributed by atoms with van der Waals surface area (Å²) >= 11 is 0. The number of nitrogens with zero attached hydrogens (tertiary/aromatic N) is 1. The fraction of sp³-hybridized carbons (Fsp3) is 0.645.